The Hall–Kier alpha value is -2.47. The van der Waals surface area contributed by atoms with Crippen LogP contribution >= 0.6 is 11.8 Å². The predicted molar refractivity (Wildman–Crippen MR) is 112 cm³/mol. The molecule has 1 heterocycles. The molecule has 5 nitrogen and oxygen atoms in total. The van der Waals surface area contributed by atoms with Gasteiger partial charge in [0, 0.05) is 16.8 Å². The van der Waals surface area contributed by atoms with Crippen molar-refractivity contribution in [2.45, 2.75) is 32.4 Å². The molecule has 0 radical (unpaired) electrons. The van der Waals surface area contributed by atoms with Gasteiger partial charge in [-0.25, -0.2) is 0 Å². The minimum Gasteiger partial charge on any atom is -0.497 e. The van der Waals surface area contributed by atoms with Gasteiger partial charge in [-0.05, 0) is 37.8 Å². The molecule has 1 aliphatic rings. The summed E-state index contributed by atoms with van der Waals surface area (Å²) in [5, 5.41) is 12.6. The first-order valence-corrected chi connectivity index (χ1v) is 10.1. The first-order valence-electron chi connectivity index (χ1n) is 9.02. The molecule has 0 aromatic heterocycles. The summed E-state index contributed by atoms with van der Waals surface area (Å²) in [7, 11) is 1.66. The number of azo groups is 1. The lowest BCUT2D eigenvalue weighted by molar-refractivity contribution is 0.144. The van der Waals surface area contributed by atoms with Gasteiger partial charge in [-0.1, -0.05) is 37.3 Å². The number of nitrogens with zero attached hydrogens (tertiary/aromatic N) is 2. The summed E-state index contributed by atoms with van der Waals surface area (Å²) < 4.78 is 11.6. The van der Waals surface area contributed by atoms with E-state index in [-0.39, 0.29) is 11.6 Å². The van der Waals surface area contributed by atoms with Crippen molar-refractivity contribution in [2.24, 2.45) is 10.2 Å². The Labute approximate surface area is 164 Å². The monoisotopic (exact) mass is 383 g/mol. The summed E-state index contributed by atoms with van der Waals surface area (Å²) in [6.07, 6.45) is -0.337. The molecule has 2 unspecified atom stereocenters. The molecule has 142 valence electrons. The van der Waals surface area contributed by atoms with Gasteiger partial charge in [-0.2, -0.15) is 10.2 Å². The van der Waals surface area contributed by atoms with Crippen LogP contribution in [0, 0.1) is 0 Å². The molecule has 1 aliphatic heterocycles. The molecule has 6 heteroatoms. The van der Waals surface area contributed by atoms with Crippen LogP contribution in [0.15, 0.2) is 64.5 Å². The van der Waals surface area contributed by atoms with Crippen LogP contribution in [-0.4, -0.2) is 18.2 Å². The number of ether oxygens (including phenoxy) is 2. The van der Waals surface area contributed by atoms with E-state index in [0.29, 0.717) is 0 Å². The Balaban J connectivity index is 1.99. The maximum absolute atomic E-state index is 6.24. The zero-order valence-electron chi connectivity index (χ0n) is 16.1. The molecule has 0 saturated heterocycles. The summed E-state index contributed by atoms with van der Waals surface area (Å²) in [4.78, 5) is 0. The number of fused-ring (bicyclic) bond motifs is 1. The fraction of sp³-hybridized carbons (Fsp3) is 0.333. The largest absolute Gasteiger partial charge is 0.497 e. The van der Waals surface area contributed by atoms with Gasteiger partial charge in [0.15, 0.2) is 6.23 Å². The summed E-state index contributed by atoms with van der Waals surface area (Å²) in [5.74, 6) is 2.53. The molecular weight excluding hydrogens is 358 g/mol. The third-order valence-electron chi connectivity index (χ3n) is 4.22. The molecule has 0 fully saturated rings. The molecule has 2 aromatic rings. The number of anilines is 1. The SMILES string of the molecule is CCSC(C)/N=N\C1=C(C)OC(c2cccc(OC)c2)Nc2ccccc21. The fourth-order valence-electron chi connectivity index (χ4n) is 2.90. The van der Waals surface area contributed by atoms with E-state index in [2.05, 4.69) is 22.5 Å². The van der Waals surface area contributed by atoms with Gasteiger partial charge < -0.3 is 14.8 Å². The Morgan fingerprint density at radius 2 is 2.04 bits per heavy atom. The molecule has 27 heavy (non-hydrogen) atoms. The average molecular weight is 384 g/mol. The molecule has 2 aromatic carbocycles. The lowest BCUT2D eigenvalue weighted by Crippen LogP contribution is -2.12. The first kappa shape index (κ1) is 19.3. The van der Waals surface area contributed by atoms with Gasteiger partial charge in [-0.15, -0.1) is 11.8 Å². The number of allylic oxidation sites excluding steroid dienone is 1. The number of hydrogen-bond donors (Lipinski definition) is 1. The van der Waals surface area contributed by atoms with Gasteiger partial charge in [0.25, 0.3) is 0 Å². The Bertz CT molecular complexity index is 851. The molecular formula is C21H25N3O2S. The maximum Gasteiger partial charge on any atom is 0.196 e. The lowest BCUT2D eigenvalue weighted by Gasteiger charge is -2.20. The van der Waals surface area contributed by atoms with Crippen molar-refractivity contribution in [3.05, 3.63) is 65.4 Å². The summed E-state index contributed by atoms with van der Waals surface area (Å²) in [5.41, 5.74) is 3.69. The second-order valence-corrected chi connectivity index (χ2v) is 7.73. The van der Waals surface area contributed by atoms with E-state index >= 15 is 0 Å². The molecule has 0 bridgehead atoms. The minimum atomic E-state index is -0.337. The molecule has 1 N–H and O–H groups in total. The van der Waals surface area contributed by atoms with Crippen LogP contribution in [0.1, 0.15) is 38.1 Å². The molecule has 3 rings (SSSR count). The van der Waals surface area contributed by atoms with Gasteiger partial charge >= 0.3 is 0 Å². The number of benzene rings is 2. The normalized spacial score (nSPS) is 17.7. The molecule has 0 amide bonds. The number of thioether (sulfide) groups is 1. The van der Waals surface area contributed by atoms with Crippen molar-refractivity contribution in [3.63, 3.8) is 0 Å². The highest BCUT2D eigenvalue weighted by Crippen LogP contribution is 2.37. The number of hydrogen-bond acceptors (Lipinski definition) is 6. The second kappa shape index (κ2) is 8.95. The van der Waals surface area contributed by atoms with Gasteiger partial charge in [0.2, 0.25) is 0 Å². The van der Waals surface area contributed by atoms with Crippen LogP contribution in [0.2, 0.25) is 0 Å². The van der Waals surface area contributed by atoms with E-state index in [0.717, 1.165) is 39.8 Å². The van der Waals surface area contributed by atoms with Crippen LogP contribution in [-0.2, 0) is 4.74 Å². The highest BCUT2D eigenvalue weighted by molar-refractivity contribution is 7.99. The van der Waals surface area contributed by atoms with Crippen molar-refractivity contribution in [1.82, 2.24) is 0 Å². The van der Waals surface area contributed by atoms with Crippen molar-refractivity contribution in [2.75, 3.05) is 18.2 Å². The lowest BCUT2D eigenvalue weighted by atomic mass is 10.1. The van der Waals surface area contributed by atoms with Crippen LogP contribution in [0.4, 0.5) is 5.69 Å². The van der Waals surface area contributed by atoms with Crippen molar-refractivity contribution >= 4 is 23.1 Å². The summed E-state index contributed by atoms with van der Waals surface area (Å²) >= 11 is 1.76. The highest BCUT2D eigenvalue weighted by Gasteiger charge is 2.23. The Morgan fingerprint density at radius 3 is 2.81 bits per heavy atom. The van der Waals surface area contributed by atoms with Crippen LogP contribution in [0.3, 0.4) is 0 Å². The fourth-order valence-corrected chi connectivity index (χ4v) is 3.50. The predicted octanol–water partition coefficient (Wildman–Crippen LogP) is 6.08. The van der Waals surface area contributed by atoms with E-state index in [9.17, 15) is 0 Å². The smallest absolute Gasteiger partial charge is 0.196 e. The van der Waals surface area contributed by atoms with E-state index in [1.807, 2.05) is 62.4 Å². The number of para-hydroxylation sites is 1. The summed E-state index contributed by atoms with van der Waals surface area (Å²) in [6, 6.07) is 15.9. The molecule has 0 saturated carbocycles. The van der Waals surface area contributed by atoms with Gasteiger partial charge in [0.1, 0.15) is 22.6 Å². The van der Waals surface area contributed by atoms with E-state index < -0.39 is 0 Å². The number of methoxy groups -OCH3 is 1. The van der Waals surface area contributed by atoms with Gasteiger partial charge in [0.05, 0.1) is 7.11 Å². The van der Waals surface area contributed by atoms with Crippen molar-refractivity contribution in [3.8, 4) is 5.75 Å². The highest BCUT2D eigenvalue weighted by atomic mass is 32.2. The third kappa shape index (κ3) is 4.63. The van der Waals surface area contributed by atoms with Gasteiger partial charge in [-0.3, -0.25) is 0 Å². The maximum atomic E-state index is 6.24. The Kier molecular flexibility index (Phi) is 6.40. The first-order chi connectivity index (χ1) is 13.1. The van der Waals surface area contributed by atoms with Crippen molar-refractivity contribution < 1.29 is 9.47 Å². The molecule has 0 spiro atoms. The third-order valence-corrected chi connectivity index (χ3v) is 5.13. The van der Waals surface area contributed by atoms with Crippen LogP contribution in [0.25, 0.3) is 5.70 Å². The number of rotatable bonds is 6. The quantitative estimate of drug-likeness (QED) is 0.615. The molecule has 2 atom stereocenters. The standard InChI is InChI=1S/C21H25N3O2S/c1-5-27-15(3)23-24-20-14(2)26-21(16-9-8-10-17(13-16)25-4)22-19-12-7-6-11-18(19)20/h6-13,15,21-22H,5H2,1-4H3/b24-23-. The average Bonchev–Trinajstić information content (AvgIpc) is 2.82. The van der Waals surface area contributed by atoms with Crippen LogP contribution in [0.5, 0.6) is 5.75 Å². The molecule has 0 aliphatic carbocycles. The minimum absolute atomic E-state index is 0.104. The topological polar surface area (TPSA) is 55.2 Å². The van der Waals surface area contributed by atoms with Crippen LogP contribution < -0.4 is 10.1 Å². The zero-order chi connectivity index (χ0) is 19.2. The van der Waals surface area contributed by atoms with E-state index in [1.54, 1.807) is 18.9 Å². The zero-order valence-corrected chi connectivity index (χ0v) is 16.9. The van der Waals surface area contributed by atoms with E-state index in [1.165, 1.54) is 0 Å². The Morgan fingerprint density at radius 1 is 1.22 bits per heavy atom. The van der Waals surface area contributed by atoms with Crippen molar-refractivity contribution in [1.29, 1.82) is 0 Å². The van der Waals surface area contributed by atoms with E-state index in [4.69, 9.17) is 9.47 Å². The number of nitrogens with one attached hydrogen (secondary N) is 1. The summed E-state index contributed by atoms with van der Waals surface area (Å²) in [6.45, 7) is 6.10. The second-order valence-electron chi connectivity index (χ2n) is 6.14.